The van der Waals surface area contributed by atoms with E-state index >= 15 is 0 Å². The molecule has 0 saturated heterocycles. The molecule has 0 radical (unpaired) electrons. The molecule has 23 heavy (non-hydrogen) atoms. The molecule has 1 aromatic heterocycles. The first-order valence-electron chi connectivity index (χ1n) is 8.46. The summed E-state index contributed by atoms with van der Waals surface area (Å²) in [6.07, 6.45) is 6.93. The lowest BCUT2D eigenvalue weighted by atomic mass is 9.95. The fourth-order valence-corrected chi connectivity index (χ4v) is 5.14. The first-order valence-corrected chi connectivity index (χ1v) is 8.46. The fraction of sp³-hybridized carbons (Fsp3) is 0.526. The predicted molar refractivity (Wildman–Crippen MR) is 86.0 cm³/mol. The lowest BCUT2D eigenvalue weighted by Gasteiger charge is -2.14. The Morgan fingerprint density at radius 1 is 1.17 bits per heavy atom. The van der Waals surface area contributed by atoms with Crippen molar-refractivity contribution in [1.82, 2.24) is 0 Å². The minimum absolute atomic E-state index is 0.230. The molecular weight excluding hydrogens is 292 g/mol. The molecule has 5 rings (SSSR count). The van der Waals surface area contributed by atoms with Gasteiger partial charge in [-0.3, -0.25) is 0 Å². The van der Waals surface area contributed by atoms with Crippen molar-refractivity contribution in [3.63, 3.8) is 0 Å². The molecular formula is C19H20O4. The molecule has 3 saturated carbocycles. The van der Waals surface area contributed by atoms with Crippen LogP contribution in [0.4, 0.5) is 0 Å². The van der Waals surface area contributed by atoms with Crippen molar-refractivity contribution in [3.8, 4) is 11.5 Å². The highest BCUT2D eigenvalue weighted by Gasteiger charge is 2.66. The highest BCUT2D eigenvalue weighted by atomic mass is 16.5. The Morgan fingerprint density at radius 2 is 2.04 bits per heavy atom. The molecule has 1 spiro atoms. The standard InChI is InChI=1S/C19H20O4/c1-21-17-6-11-2-5-14(8-16(11)23-18(17)20)22-15-7-12-3-4-13-9-19(12,13)10-15/h2,5-6,8,12-13,15H,3-4,7,9-10H2,1H3. The van der Waals surface area contributed by atoms with Crippen LogP contribution in [0.3, 0.4) is 0 Å². The summed E-state index contributed by atoms with van der Waals surface area (Å²) in [4.78, 5) is 11.8. The highest BCUT2D eigenvalue weighted by Crippen LogP contribution is 2.73. The van der Waals surface area contributed by atoms with Crippen molar-refractivity contribution in [2.75, 3.05) is 7.11 Å². The highest BCUT2D eigenvalue weighted by molar-refractivity contribution is 5.79. The molecule has 120 valence electrons. The molecule has 0 N–H and O–H groups in total. The Morgan fingerprint density at radius 3 is 2.83 bits per heavy atom. The van der Waals surface area contributed by atoms with Crippen molar-refractivity contribution < 1.29 is 13.9 Å². The third kappa shape index (κ3) is 1.93. The zero-order chi connectivity index (χ0) is 15.6. The normalized spacial score (nSPS) is 34.2. The van der Waals surface area contributed by atoms with Crippen LogP contribution in [-0.4, -0.2) is 13.2 Å². The molecule has 4 heteroatoms. The molecule has 3 aliphatic rings. The van der Waals surface area contributed by atoms with Gasteiger partial charge in [0, 0.05) is 11.5 Å². The van der Waals surface area contributed by atoms with Gasteiger partial charge in [-0.2, -0.15) is 0 Å². The van der Waals surface area contributed by atoms with Gasteiger partial charge in [-0.25, -0.2) is 4.79 Å². The quantitative estimate of drug-likeness (QED) is 0.810. The second-order valence-electron chi connectivity index (χ2n) is 7.39. The Labute approximate surface area is 134 Å². The third-order valence-corrected chi connectivity index (χ3v) is 6.31. The van der Waals surface area contributed by atoms with E-state index in [1.54, 1.807) is 6.07 Å². The second kappa shape index (κ2) is 4.53. The van der Waals surface area contributed by atoms with Gasteiger partial charge in [-0.1, -0.05) is 0 Å². The first-order chi connectivity index (χ1) is 11.2. The Balaban J connectivity index is 1.40. The predicted octanol–water partition coefficient (Wildman–Crippen LogP) is 3.76. The van der Waals surface area contributed by atoms with Crippen LogP contribution < -0.4 is 15.1 Å². The van der Waals surface area contributed by atoms with Gasteiger partial charge in [0.05, 0.1) is 13.2 Å². The number of rotatable bonds is 3. The van der Waals surface area contributed by atoms with Crippen LogP contribution in [0.25, 0.3) is 11.0 Å². The van der Waals surface area contributed by atoms with Crippen LogP contribution in [0.2, 0.25) is 0 Å². The maximum Gasteiger partial charge on any atom is 0.379 e. The molecule has 4 unspecified atom stereocenters. The minimum atomic E-state index is -0.452. The van der Waals surface area contributed by atoms with E-state index in [-0.39, 0.29) is 5.75 Å². The summed E-state index contributed by atoms with van der Waals surface area (Å²) in [6.45, 7) is 0. The number of fused-ring (bicyclic) bond motifs is 1. The zero-order valence-corrected chi connectivity index (χ0v) is 13.2. The minimum Gasteiger partial charge on any atom is -0.490 e. The smallest absolute Gasteiger partial charge is 0.379 e. The average molecular weight is 312 g/mol. The van der Waals surface area contributed by atoms with Crippen molar-refractivity contribution in [3.05, 3.63) is 34.7 Å². The lowest BCUT2D eigenvalue weighted by molar-refractivity contribution is 0.197. The van der Waals surface area contributed by atoms with Gasteiger partial charge >= 0.3 is 5.63 Å². The fourth-order valence-electron chi connectivity index (χ4n) is 5.14. The topological polar surface area (TPSA) is 48.7 Å². The summed E-state index contributed by atoms with van der Waals surface area (Å²) in [6, 6.07) is 7.41. The molecule has 0 aliphatic heterocycles. The Bertz CT molecular complexity index is 839. The second-order valence-corrected chi connectivity index (χ2v) is 7.39. The summed E-state index contributed by atoms with van der Waals surface area (Å²) in [5.41, 5.74) is 0.725. The number of hydrogen-bond acceptors (Lipinski definition) is 4. The van der Waals surface area contributed by atoms with Crippen molar-refractivity contribution in [1.29, 1.82) is 0 Å². The van der Waals surface area contributed by atoms with E-state index in [2.05, 4.69) is 0 Å². The molecule has 4 atom stereocenters. The van der Waals surface area contributed by atoms with Crippen LogP contribution in [-0.2, 0) is 0 Å². The molecule has 1 aromatic carbocycles. The summed E-state index contributed by atoms with van der Waals surface area (Å²) in [5, 5.41) is 0.845. The van der Waals surface area contributed by atoms with Gasteiger partial charge in [-0.15, -0.1) is 0 Å². The SMILES string of the molecule is COc1cc2ccc(OC3CC4CCC5CC45C3)cc2oc1=O. The van der Waals surface area contributed by atoms with Gasteiger partial charge in [0.2, 0.25) is 5.75 Å². The summed E-state index contributed by atoms with van der Waals surface area (Å²) in [5.74, 6) is 2.88. The van der Waals surface area contributed by atoms with Crippen molar-refractivity contribution >= 4 is 11.0 Å². The van der Waals surface area contributed by atoms with E-state index in [4.69, 9.17) is 13.9 Å². The van der Waals surface area contributed by atoms with Crippen molar-refractivity contribution in [2.24, 2.45) is 17.3 Å². The Hall–Kier alpha value is -1.97. The van der Waals surface area contributed by atoms with E-state index in [9.17, 15) is 4.79 Å². The molecule has 0 bridgehead atoms. The molecule has 1 heterocycles. The van der Waals surface area contributed by atoms with Crippen LogP contribution in [0.15, 0.2) is 33.5 Å². The summed E-state index contributed by atoms with van der Waals surface area (Å²) < 4.78 is 16.6. The van der Waals surface area contributed by atoms with Crippen LogP contribution in [0.1, 0.15) is 32.1 Å². The number of methoxy groups -OCH3 is 1. The Kier molecular flexibility index (Phi) is 2.65. The summed E-state index contributed by atoms with van der Waals surface area (Å²) >= 11 is 0. The number of ether oxygens (including phenoxy) is 2. The van der Waals surface area contributed by atoms with Gasteiger partial charge in [-0.05, 0) is 67.6 Å². The third-order valence-electron chi connectivity index (χ3n) is 6.31. The maximum absolute atomic E-state index is 11.8. The van der Waals surface area contributed by atoms with E-state index in [1.165, 1.54) is 39.2 Å². The van der Waals surface area contributed by atoms with Crippen LogP contribution in [0.5, 0.6) is 11.5 Å². The van der Waals surface area contributed by atoms with E-state index in [0.29, 0.717) is 17.1 Å². The van der Waals surface area contributed by atoms with Crippen LogP contribution in [0, 0.1) is 17.3 Å². The lowest BCUT2D eigenvalue weighted by Crippen LogP contribution is -2.13. The molecule has 3 aliphatic carbocycles. The van der Waals surface area contributed by atoms with E-state index in [0.717, 1.165) is 23.0 Å². The average Bonchev–Trinajstić information content (AvgIpc) is 2.94. The number of hydrogen-bond donors (Lipinski definition) is 0. The molecule has 0 amide bonds. The zero-order valence-electron chi connectivity index (χ0n) is 13.2. The monoisotopic (exact) mass is 312 g/mol. The molecule has 4 nitrogen and oxygen atoms in total. The van der Waals surface area contributed by atoms with Gasteiger partial charge in [0.25, 0.3) is 0 Å². The van der Waals surface area contributed by atoms with Crippen LogP contribution >= 0.6 is 0 Å². The summed E-state index contributed by atoms with van der Waals surface area (Å²) in [7, 11) is 1.47. The number of benzene rings is 1. The van der Waals surface area contributed by atoms with Crippen molar-refractivity contribution in [2.45, 2.75) is 38.2 Å². The first kappa shape index (κ1) is 13.5. The van der Waals surface area contributed by atoms with E-state index < -0.39 is 5.63 Å². The largest absolute Gasteiger partial charge is 0.490 e. The van der Waals surface area contributed by atoms with Gasteiger partial charge < -0.3 is 13.9 Å². The molecule has 2 aromatic rings. The van der Waals surface area contributed by atoms with Gasteiger partial charge in [0.15, 0.2) is 0 Å². The molecule has 3 fully saturated rings. The van der Waals surface area contributed by atoms with Gasteiger partial charge in [0.1, 0.15) is 11.3 Å². The van der Waals surface area contributed by atoms with E-state index in [1.807, 2.05) is 18.2 Å². The maximum atomic E-state index is 11.8.